The minimum atomic E-state index is -1.35. The van der Waals surface area contributed by atoms with Gasteiger partial charge in [0.1, 0.15) is 56.3 Å². The third kappa shape index (κ3) is 47.8. The second-order valence-corrected chi connectivity index (χ2v) is 29.6. The van der Waals surface area contributed by atoms with Crippen LogP contribution in [0.25, 0.3) is 0 Å². The fourth-order valence-electron chi connectivity index (χ4n) is 12.7. The van der Waals surface area contributed by atoms with Gasteiger partial charge in [0.15, 0.2) is 55.5 Å². The second kappa shape index (κ2) is 60.6. The molecule has 3 aliphatic rings. The number of hydrogen-bond acceptors (Lipinski definition) is 37. The molecule has 3 aliphatic heterocycles. The number of hydrogen-bond donors (Lipinski definition) is 10. The predicted octanol–water partition coefficient (Wildman–Crippen LogP) is -2.70. The highest BCUT2D eigenvalue weighted by molar-refractivity contribution is 5.79. The molecule has 46 nitrogen and oxygen atoms in total. The minimum absolute atomic E-state index is 0.00469. The minimum Gasteiger partial charge on any atom is -0.463 e. The lowest BCUT2D eigenvalue weighted by atomic mass is 9.96. The van der Waals surface area contributed by atoms with Crippen LogP contribution in [0, 0.1) is 0 Å². The van der Waals surface area contributed by atoms with E-state index >= 15 is 0 Å². The summed E-state index contributed by atoms with van der Waals surface area (Å²) in [6.07, 6.45) is -11.8. The Morgan fingerprint density at radius 2 is 0.488 bits per heavy atom. The molecule has 3 saturated heterocycles. The Hall–Kier alpha value is -9.94. The predicted molar refractivity (Wildman–Crippen MR) is 427 cm³/mol. The molecular formula is C79H128N10O36. The van der Waals surface area contributed by atoms with Crippen LogP contribution in [-0.4, -0.2) is 323 Å². The van der Waals surface area contributed by atoms with Crippen LogP contribution in [0.15, 0.2) is 0 Å². The van der Waals surface area contributed by atoms with E-state index in [4.69, 9.17) is 91.0 Å². The summed E-state index contributed by atoms with van der Waals surface area (Å²) in [5, 5.41) is 24.5. The standard InChI is InChI=1S/C79H128N10O36/c1-46(90)87-67-73(120-55(10)99)70(117-52(7)96)58(40-114-49(4)93)123-76(67)111-34-16-13-22-61(102)81-28-19-31-84-64(105)25-37-108-43-79(80,44-109-38-26-65(106)85-32-20-29-82-62(103)23-14-17-35-112-77-68(88-47(2)91)74(121-56(11)100)71(118-53(8)97)59(124-77)41-115-50(5)94)45-110-39-27-66(107)86-33-21-30-83-63(104)24-15-18-36-113-78-69(89-48(3)92)75(122-57(12)101)72(119-54(9)98)60(125-78)42-116-51(6)95/h58-60,67-78H,13-45,80H2,1-12H3,(H,81,102)(H,82,103)(H,83,104)(H,84,105)(H,85,106)(H,86,107)(H,87,90)(H,88,91)(H,89,92)/t58-,59-,60-,67-,68-,69-,70+,71+,72+,73-,74-,75-,76-,77-,78?/m1/s1. The highest BCUT2D eigenvalue weighted by Crippen LogP contribution is 2.32. The number of rotatable bonds is 60. The van der Waals surface area contributed by atoms with Crippen LogP contribution >= 0.6 is 0 Å². The van der Waals surface area contributed by atoms with Crippen molar-refractivity contribution in [3.8, 4) is 0 Å². The van der Waals surface area contributed by atoms with Crippen LogP contribution in [0.3, 0.4) is 0 Å². The number of amides is 9. The first-order chi connectivity index (χ1) is 59.3. The second-order valence-electron chi connectivity index (χ2n) is 29.6. The maximum Gasteiger partial charge on any atom is 0.303 e. The van der Waals surface area contributed by atoms with E-state index in [9.17, 15) is 86.3 Å². The van der Waals surface area contributed by atoms with E-state index in [1.54, 1.807) is 0 Å². The summed E-state index contributed by atoms with van der Waals surface area (Å²) in [4.78, 5) is 221. The van der Waals surface area contributed by atoms with Gasteiger partial charge in [-0.1, -0.05) is 0 Å². The average Bonchev–Trinajstić information content (AvgIpc) is 0.796. The number of nitrogens with two attached hydrogens (primary N) is 1. The molecule has 11 N–H and O–H groups in total. The van der Waals surface area contributed by atoms with E-state index in [1.165, 1.54) is 20.8 Å². The fourth-order valence-corrected chi connectivity index (χ4v) is 12.7. The molecule has 0 spiro atoms. The van der Waals surface area contributed by atoms with E-state index in [2.05, 4.69) is 47.9 Å². The van der Waals surface area contributed by atoms with Gasteiger partial charge in [0.2, 0.25) is 53.2 Å². The lowest BCUT2D eigenvalue weighted by Gasteiger charge is -2.44. The van der Waals surface area contributed by atoms with Gasteiger partial charge in [-0.15, -0.1) is 0 Å². The van der Waals surface area contributed by atoms with Gasteiger partial charge in [-0.3, -0.25) is 86.3 Å². The smallest absolute Gasteiger partial charge is 0.303 e. The van der Waals surface area contributed by atoms with Crippen LogP contribution < -0.4 is 53.6 Å². The van der Waals surface area contributed by atoms with Crippen molar-refractivity contribution < 1.29 is 172 Å². The fraction of sp³-hybridized carbons (Fsp3) is 0.772. The van der Waals surface area contributed by atoms with Crippen molar-refractivity contribution in [2.45, 2.75) is 277 Å². The van der Waals surface area contributed by atoms with Crippen molar-refractivity contribution >= 4 is 107 Å². The Labute approximate surface area is 724 Å². The van der Waals surface area contributed by atoms with Crippen molar-refractivity contribution in [3.63, 3.8) is 0 Å². The molecule has 0 radical (unpaired) electrons. The molecule has 0 saturated carbocycles. The molecule has 125 heavy (non-hydrogen) atoms. The first-order valence-corrected chi connectivity index (χ1v) is 41.4. The Morgan fingerprint density at radius 1 is 0.272 bits per heavy atom. The lowest BCUT2D eigenvalue weighted by molar-refractivity contribution is -0.277. The highest BCUT2D eigenvalue weighted by Gasteiger charge is 2.54. The largest absolute Gasteiger partial charge is 0.463 e. The van der Waals surface area contributed by atoms with Crippen molar-refractivity contribution in [2.24, 2.45) is 5.73 Å². The van der Waals surface area contributed by atoms with Crippen LogP contribution in [0.5, 0.6) is 0 Å². The third-order valence-corrected chi connectivity index (χ3v) is 18.0. The summed E-state index contributed by atoms with van der Waals surface area (Å²) in [6.45, 7) is 13.0. The van der Waals surface area contributed by atoms with Crippen LogP contribution in [-0.2, 0) is 172 Å². The normalized spacial score (nSPS) is 22.0. The molecule has 0 aromatic carbocycles. The Balaban J connectivity index is 1.48. The first kappa shape index (κ1) is 109. The Kier molecular flexibility index (Phi) is 53.0. The van der Waals surface area contributed by atoms with E-state index < -0.39 is 189 Å². The lowest BCUT2D eigenvalue weighted by Crippen LogP contribution is -2.66. The van der Waals surface area contributed by atoms with E-state index in [0.717, 1.165) is 62.3 Å². The van der Waals surface area contributed by atoms with Gasteiger partial charge < -0.3 is 139 Å². The molecule has 710 valence electrons. The zero-order valence-corrected chi connectivity index (χ0v) is 73.3. The van der Waals surface area contributed by atoms with E-state index in [1.807, 2.05) is 0 Å². The van der Waals surface area contributed by atoms with Crippen LogP contribution in [0.2, 0.25) is 0 Å². The molecule has 3 rings (SSSR count). The van der Waals surface area contributed by atoms with Gasteiger partial charge in [0.25, 0.3) is 0 Å². The van der Waals surface area contributed by atoms with Crippen molar-refractivity contribution in [3.05, 3.63) is 0 Å². The van der Waals surface area contributed by atoms with Crippen LogP contribution in [0.1, 0.15) is 179 Å². The number of nitrogens with one attached hydrogen (secondary N) is 9. The maximum absolute atomic E-state index is 12.9. The molecule has 3 fully saturated rings. The topological polar surface area (TPSA) is 608 Å². The monoisotopic (exact) mass is 1790 g/mol. The molecule has 9 amide bonds. The molecule has 1 unspecified atom stereocenters. The molecule has 0 aliphatic carbocycles. The molecule has 0 bridgehead atoms. The number of carbonyl (C=O) groups excluding carboxylic acids is 18. The summed E-state index contributed by atoms with van der Waals surface area (Å²) >= 11 is 0. The number of ether oxygens (including phenoxy) is 18. The molecule has 15 atom stereocenters. The molecule has 3 heterocycles. The van der Waals surface area contributed by atoms with E-state index in [0.29, 0.717) is 57.8 Å². The molecule has 46 heteroatoms. The average molecular weight is 1790 g/mol. The number of carbonyl (C=O) groups is 18. The third-order valence-electron chi connectivity index (χ3n) is 18.0. The van der Waals surface area contributed by atoms with Crippen molar-refractivity contribution in [1.82, 2.24) is 47.9 Å². The summed E-state index contributed by atoms with van der Waals surface area (Å²) in [5.74, 6) is -10.2. The van der Waals surface area contributed by atoms with Crippen LogP contribution in [0.4, 0.5) is 0 Å². The molecule has 0 aromatic rings. The molecule has 0 aromatic heterocycles. The first-order valence-electron chi connectivity index (χ1n) is 41.4. The Bertz CT molecular complexity index is 3140. The van der Waals surface area contributed by atoms with Crippen molar-refractivity contribution in [1.29, 1.82) is 0 Å². The van der Waals surface area contributed by atoms with Gasteiger partial charge in [-0.25, -0.2) is 0 Å². The SMILES string of the molecule is CC(=O)N[C@H]1[C@H](OCCCCC(=O)NCCCNC(=O)CCOCC(N)(COCCC(=O)NCCCNC(=O)CCCCOC2O[C@H](COC(C)=O)[C@H](OC(C)=O)[C@H](OC(C)=O)[C@H]2NC(C)=O)COCCC(=O)NCCCNC(=O)CCCCO[C@@H]2O[C@H](COC(C)=O)[C@H](OC(C)=O)[C@H](OC(C)=O)[C@H]2NC(C)=O)O[C@H](COC(C)=O)[C@H](OC(C)=O)[C@@H]1OC(C)=O. The van der Waals surface area contributed by atoms with Gasteiger partial charge in [0, 0.05) is 181 Å². The summed E-state index contributed by atoms with van der Waals surface area (Å²) < 4.78 is 101. The van der Waals surface area contributed by atoms with Gasteiger partial charge >= 0.3 is 53.7 Å². The van der Waals surface area contributed by atoms with Gasteiger partial charge in [-0.05, 0) is 57.8 Å². The summed E-state index contributed by atoms with van der Waals surface area (Å²) in [7, 11) is 0. The van der Waals surface area contributed by atoms with Crippen molar-refractivity contribution in [2.75, 3.05) is 119 Å². The van der Waals surface area contributed by atoms with Gasteiger partial charge in [0.05, 0.1) is 45.2 Å². The maximum atomic E-state index is 12.9. The Morgan fingerprint density at radius 3 is 0.696 bits per heavy atom. The summed E-state index contributed by atoms with van der Waals surface area (Å²) in [6, 6.07) is -3.46. The zero-order valence-electron chi connectivity index (χ0n) is 73.3. The molecular weight excluding hydrogens is 1660 g/mol. The van der Waals surface area contributed by atoms with E-state index in [-0.39, 0.29) is 173 Å². The quantitative estimate of drug-likeness (QED) is 0.0168. The number of esters is 9. The summed E-state index contributed by atoms with van der Waals surface area (Å²) in [5.41, 5.74) is 5.39. The zero-order chi connectivity index (χ0) is 93.0. The highest BCUT2D eigenvalue weighted by atomic mass is 16.7. The van der Waals surface area contributed by atoms with Gasteiger partial charge in [-0.2, -0.15) is 0 Å². The number of unbranched alkanes of at least 4 members (excludes halogenated alkanes) is 3.